The van der Waals surface area contributed by atoms with Crippen molar-refractivity contribution < 1.29 is 23.9 Å². The Balaban J connectivity index is 1.26. The molecule has 0 N–H and O–H groups in total. The predicted octanol–water partition coefficient (Wildman–Crippen LogP) is 3.38. The maximum Gasteiger partial charge on any atom is 0.228 e. The van der Waals surface area contributed by atoms with Gasteiger partial charge in [0.1, 0.15) is 17.1 Å². The third-order valence-corrected chi connectivity index (χ3v) is 7.08. The van der Waals surface area contributed by atoms with Crippen LogP contribution in [0.1, 0.15) is 41.6 Å². The van der Waals surface area contributed by atoms with Crippen molar-refractivity contribution in [3.05, 3.63) is 53.6 Å². The fourth-order valence-electron chi connectivity index (χ4n) is 5.23. The largest absolute Gasteiger partial charge is 0.495 e. The van der Waals surface area contributed by atoms with Crippen LogP contribution in [0, 0.1) is 12.8 Å². The molecule has 7 heteroatoms. The summed E-state index contributed by atoms with van der Waals surface area (Å²) in [4.78, 5) is 42.2. The van der Waals surface area contributed by atoms with Gasteiger partial charge in [0.2, 0.25) is 11.8 Å². The van der Waals surface area contributed by atoms with Crippen LogP contribution in [-0.2, 0) is 9.59 Å². The van der Waals surface area contributed by atoms with Gasteiger partial charge in [-0.25, -0.2) is 0 Å². The Kier molecular flexibility index (Phi) is 5.35. The number of likely N-dealkylation sites (tertiary alicyclic amines) is 1. The van der Waals surface area contributed by atoms with Crippen LogP contribution in [0.15, 0.2) is 42.5 Å². The minimum absolute atomic E-state index is 0.00476. The molecule has 0 aromatic heterocycles. The van der Waals surface area contributed by atoms with E-state index in [0.29, 0.717) is 61.6 Å². The molecule has 1 unspecified atom stereocenters. The number of rotatable bonds is 3. The molecule has 2 amide bonds. The van der Waals surface area contributed by atoms with Gasteiger partial charge in [-0.15, -0.1) is 0 Å². The van der Waals surface area contributed by atoms with Gasteiger partial charge < -0.3 is 19.3 Å². The molecule has 2 aromatic carbocycles. The molecule has 1 spiro atoms. The van der Waals surface area contributed by atoms with Crippen molar-refractivity contribution in [2.75, 3.05) is 31.6 Å². The molecule has 2 saturated heterocycles. The van der Waals surface area contributed by atoms with Crippen LogP contribution < -0.4 is 14.4 Å². The molecule has 0 aliphatic carbocycles. The van der Waals surface area contributed by atoms with E-state index in [9.17, 15) is 14.4 Å². The summed E-state index contributed by atoms with van der Waals surface area (Å²) in [5.41, 5.74) is 1.83. The molecule has 3 aliphatic rings. The highest BCUT2D eigenvalue weighted by Crippen LogP contribution is 2.40. The van der Waals surface area contributed by atoms with Crippen LogP contribution >= 0.6 is 0 Å². The number of amides is 2. The highest BCUT2D eigenvalue weighted by molar-refractivity contribution is 6.02. The summed E-state index contributed by atoms with van der Waals surface area (Å²) in [5.74, 6) is 0.907. The summed E-state index contributed by atoms with van der Waals surface area (Å²) in [5, 5.41) is 0. The standard InChI is InChI=1S/C26H28N2O5/c1-17-7-8-23(32-2)20(13-17)28-16-18(14-24(28)30)25(31)27-11-9-26(10-12-27)15-21(29)19-5-3-4-6-22(19)33-26/h3-8,13,18H,9-12,14-16H2,1-2H3. The number of ether oxygens (including phenoxy) is 2. The average molecular weight is 449 g/mol. The molecule has 1 atom stereocenters. The lowest BCUT2D eigenvalue weighted by molar-refractivity contribution is -0.139. The Bertz CT molecular complexity index is 1120. The van der Waals surface area contributed by atoms with Gasteiger partial charge in [-0.05, 0) is 36.8 Å². The highest BCUT2D eigenvalue weighted by atomic mass is 16.5. The zero-order chi connectivity index (χ0) is 23.2. The molecule has 3 aliphatic heterocycles. The van der Waals surface area contributed by atoms with Gasteiger partial charge in [-0.1, -0.05) is 18.2 Å². The first-order valence-corrected chi connectivity index (χ1v) is 11.4. The number of piperidine rings is 1. The summed E-state index contributed by atoms with van der Waals surface area (Å²) in [7, 11) is 1.58. The second-order valence-corrected chi connectivity index (χ2v) is 9.29. The first-order valence-electron chi connectivity index (χ1n) is 11.4. The van der Waals surface area contributed by atoms with Crippen molar-refractivity contribution in [1.29, 1.82) is 0 Å². The molecule has 5 rings (SSSR count). The lowest BCUT2D eigenvalue weighted by Crippen LogP contribution is -2.53. The number of benzene rings is 2. The van der Waals surface area contributed by atoms with Crippen molar-refractivity contribution >= 4 is 23.3 Å². The Morgan fingerprint density at radius 1 is 1.12 bits per heavy atom. The van der Waals surface area contributed by atoms with Crippen LogP contribution in [0.4, 0.5) is 5.69 Å². The van der Waals surface area contributed by atoms with E-state index in [1.54, 1.807) is 18.1 Å². The first-order chi connectivity index (χ1) is 15.9. The van der Waals surface area contributed by atoms with Crippen LogP contribution in [0.5, 0.6) is 11.5 Å². The quantitative estimate of drug-likeness (QED) is 0.720. The molecule has 2 fully saturated rings. The van der Waals surface area contributed by atoms with Crippen LogP contribution in [0.2, 0.25) is 0 Å². The molecule has 172 valence electrons. The van der Waals surface area contributed by atoms with Gasteiger partial charge in [0.05, 0.1) is 30.7 Å². The minimum Gasteiger partial charge on any atom is -0.495 e. The number of Topliss-reactive ketones (excluding diaryl/α,β-unsaturated/α-hetero) is 1. The molecule has 0 radical (unpaired) electrons. The van der Waals surface area contributed by atoms with Gasteiger partial charge in [0.15, 0.2) is 5.78 Å². The van der Waals surface area contributed by atoms with Crippen molar-refractivity contribution in [1.82, 2.24) is 4.90 Å². The normalized spacial score (nSPS) is 21.7. The number of para-hydroxylation sites is 1. The van der Waals surface area contributed by atoms with Crippen molar-refractivity contribution in [3.63, 3.8) is 0 Å². The van der Waals surface area contributed by atoms with Crippen molar-refractivity contribution in [2.45, 2.75) is 38.2 Å². The Labute approximate surface area is 193 Å². The number of aryl methyl sites for hydroxylation is 1. The summed E-state index contributed by atoms with van der Waals surface area (Å²) in [6.45, 7) is 3.35. The van der Waals surface area contributed by atoms with Gasteiger partial charge in [-0.2, -0.15) is 0 Å². The SMILES string of the molecule is COc1ccc(C)cc1N1CC(C(=O)N2CCC3(CC2)CC(=O)c2ccccc2O3)CC1=O. The fraction of sp³-hybridized carbons (Fsp3) is 0.423. The lowest BCUT2D eigenvalue weighted by atomic mass is 9.82. The smallest absolute Gasteiger partial charge is 0.228 e. The number of hydrogen-bond donors (Lipinski definition) is 0. The van der Waals surface area contributed by atoms with E-state index in [1.165, 1.54) is 0 Å². The molecule has 33 heavy (non-hydrogen) atoms. The number of nitrogens with zero attached hydrogens (tertiary/aromatic N) is 2. The van der Waals surface area contributed by atoms with Crippen molar-refractivity contribution in [2.24, 2.45) is 5.92 Å². The zero-order valence-electron chi connectivity index (χ0n) is 19.0. The second-order valence-electron chi connectivity index (χ2n) is 9.29. The molecule has 2 aromatic rings. The van der Waals surface area contributed by atoms with E-state index in [0.717, 1.165) is 5.56 Å². The number of carbonyl (C=O) groups excluding carboxylic acids is 3. The number of carbonyl (C=O) groups is 3. The van der Waals surface area contributed by atoms with E-state index in [-0.39, 0.29) is 29.9 Å². The van der Waals surface area contributed by atoms with E-state index in [4.69, 9.17) is 9.47 Å². The topological polar surface area (TPSA) is 76.2 Å². The zero-order valence-corrected chi connectivity index (χ0v) is 19.0. The number of anilines is 1. The average Bonchev–Trinajstić information content (AvgIpc) is 3.20. The van der Waals surface area contributed by atoms with Crippen molar-refractivity contribution in [3.8, 4) is 11.5 Å². The number of fused-ring (bicyclic) bond motifs is 1. The Morgan fingerprint density at radius 3 is 2.64 bits per heavy atom. The molecule has 3 heterocycles. The van der Waals surface area contributed by atoms with Gasteiger partial charge in [-0.3, -0.25) is 14.4 Å². The Morgan fingerprint density at radius 2 is 1.88 bits per heavy atom. The number of hydrogen-bond acceptors (Lipinski definition) is 5. The first kappa shape index (κ1) is 21.5. The van der Waals surface area contributed by atoms with Crippen LogP contribution in [-0.4, -0.2) is 54.8 Å². The monoisotopic (exact) mass is 448 g/mol. The van der Waals surface area contributed by atoms with E-state index >= 15 is 0 Å². The maximum absolute atomic E-state index is 13.3. The maximum atomic E-state index is 13.3. The minimum atomic E-state index is -0.547. The molecule has 0 bridgehead atoms. The molecular weight excluding hydrogens is 420 g/mol. The summed E-state index contributed by atoms with van der Waals surface area (Å²) in [6.07, 6.45) is 1.75. The van der Waals surface area contributed by atoms with E-state index in [1.807, 2.05) is 48.2 Å². The van der Waals surface area contributed by atoms with Crippen LogP contribution in [0.25, 0.3) is 0 Å². The summed E-state index contributed by atoms with van der Waals surface area (Å²) in [6, 6.07) is 13.1. The lowest BCUT2D eigenvalue weighted by Gasteiger charge is -2.44. The number of methoxy groups -OCH3 is 1. The Hall–Kier alpha value is -3.35. The fourth-order valence-corrected chi connectivity index (χ4v) is 5.23. The van der Waals surface area contributed by atoms with Gasteiger partial charge in [0, 0.05) is 38.9 Å². The highest BCUT2D eigenvalue weighted by Gasteiger charge is 2.45. The number of ketones is 1. The third kappa shape index (κ3) is 3.86. The second kappa shape index (κ2) is 8.21. The summed E-state index contributed by atoms with van der Waals surface area (Å²) >= 11 is 0. The third-order valence-electron chi connectivity index (χ3n) is 7.08. The summed E-state index contributed by atoms with van der Waals surface area (Å²) < 4.78 is 11.7. The van der Waals surface area contributed by atoms with Gasteiger partial charge >= 0.3 is 0 Å². The molecule has 7 nitrogen and oxygen atoms in total. The predicted molar refractivity (Wildman–Crippen MR) is 123 cm³/mol. The molecular formula is C26H28N2O5. The van der Waals surface area contributed by atoms with Crippen LogP contribution in [0.3, 0.4) is 0 Å². The van der Waals surface area contributed by atoms with E-state index in [2.05, 4.69) is 0 Å². The molecule has 0 saturated carbocycles. The van der Waals surface area contributed by atoms with E-state index < -0.39 is 5.60 Å². The van der Waals surface area contributed by atoms with Gasteiger partial charge in [0.25, 0.3) is 0 Å².